The number of hydrogen-bond acceptors (Lipinski definition) is 3. The van der Waals surface area contributed by atoms with Crippen molar-refractivity contribution in [2.75, 3.05) is 7.11 Å². The lowest BCUT2D eigenvalue weighted by molar-refractivity contribution is -0.133. The van der Waals surface area contributed by atoms with Crippen LogP contribution < -0.4 is 0 Å². The lowest BCUT2D eigenvalue weighted by Crippen LogP contribution is -1.95. The molecule has 0 aliphatic carbocycles. The maximum atomic E-state index is 10.8. The summed E-state index contributed by atoms with van der Waals surface area (Å²) in [5, 5.41) is 0. The zero-order chi connectivity index (χ0) is 11.3. The Morgan fingerprint density at radius 2 is 2.20 bits per heavy atom. The molecule has 0 heterocycles. The SMILES string of the molecule is COC(=O)C#Cc1ccc(C=O)cc1C. The van der Waals surface area contributed by atoms with E-state index in [2.05, 4.69) is 16.6 Å². The van der Waals surface area contributed by atoms with Gasteiger partial charge in [0.25, 0.3) is 0 Å². The number of rotatable bonds is 1. The van der Waals surface area contributed by atoms with Gasteiger partial charge in [0.15, 0.2) is 0 Å². The Labute approximate surface area is 88.1 Å². The topological polar surface area (TPSA) is 43.4 Å². The van der Waals surface area contributed by atoms with Crippen LogP contribution in [0.2, 0.25) is 0 Å². The molecule has 1 rings (SSSR count). The van der Waals surface area contributed by atoms with E-state index in [-0.39, 0.29) is 0 Å². The van der Waals surface area contributed by atoms with Gasteiger partial charge in [0, 0.05) is 17.0 Å². The van der Waals surface area contributed by atoms with Gasteiger partial charge >= 0.3 is 5.97 Å². The van der Waals surface area contributed by atoms with Crippen LogP contribution in [0.4, 0.5) is 0 Å². The number of carbonyl (C=O) groups is 2. The molecule has 0 saturated heterocycles. The highest BCUT2D eigenvalue weighted by Gasteiger charge is 1.97. The predicted octanol–water partition coefficient (Wildman–Crippen LogP) is 1.33. The molecule has 0 N–H and O–H groups in total. The minimum absolute atomic E-state index is 0.575. The summed E-state index contributed by atoms with van der Waals surface area (Å²) in [6.07, 6.45) is 0.768. The molecule has 3 heteroatoms. The van der Waals surface area contributed by atoms with Crippen molar-refractivity contribution in [3.63, 3.8) is 0 Å². The first kappa shape index (κ1) is 11.0. The summed E-state index contributed by atoms with van der Waals surface area (Å²) in [5.74, 6) is 4.43. The predicted molar refractivity (Wildman–Crippen MR) is 55.5 cm³/mol. The number of carbonyl (C=O) groups excluding carboxylic acids is 2. The largest absolute Gasteiger partial charge is 0.459 e. The molecule has 0 saturated carbocycles. The molecular weight excluding hydrogens is 192 g/mol. The second-order valence-corrected chi connectivity index (χ2v) is 2.93. The second-order valence-electron chi connectivity index (χ2n) is 2.93. The summed E-state index contributed by atoms with van der Waals surface area (Å²) >= 11 is 0. The molecule has 0 aliphatic rings. The number of benzene rings is 1. The summed E-state index contributed by atoms with van der Waals surface area (Å²) < 4.78 is 4.39. The number of ether oxygens (including phenoxy) is 1. The third-order valence-corrected chi connectivity index (χ3v) is 1.87. The summed E-state index contributed by atoms with van der Waals surface area (Å²) in [6.45, 7) is 1.83. The van der Waals surface area contributed by atoms with Crippen molar-refractivity contribution in [3.8, 4) is 11.8 Å². The number of hydrogen-bond donors (Lipinski definition) is 0. The summed E-state index contributed by atoms with van der Waals surface area (Å²) in [6, 6.07) is 5.07. The third-order valence-electron chi connectivity index (χ3n) is 1.87. The molecule has 0 radical (unpaired) electrons. The molecule has 0 amide bonds. The first-order chi connectivity index (χ1) is 7.17. The van der Waals surface area contributed by atoms with Gasteiger partial charge in [0.1, 0.15) is 6.29 Å². The number of esters is 1. The third kappa shape index (κ3) is 2.96. The van der Waals surface area contributed by atoms with Gasteiger partial charge in [-0.1, -0.05) is 12.0 Å². The van der Waals surface area contributed by atoms with E-state index in [0.717, 1.165) is 11.8 Å². The maximum Gasteiger partial charge on any atom is 0.384 e. The van der Waals surface area contributed by atoms with Gasteiger partial charge in [-0.15, -0.1) is 0 Å². The highest BCUT2D eigenvalue weighted by Crippen LogP contribution is 2.08. The van der Waals surface area contributed by atoms with Crippen molar-refractivity contribution in [2.45, 2.75) is 6.92 Å². The van der Waals surface area contributed by atoms with Crippen molar-refractivity contribution in [1.82, 2.24) is 0 Å². The summed E-state index contributed by atoms with van der Waals surface area (Å²) in [5.41, 5.74) is 2.16. The lowest BCUT2D eigenvalue weighted by Gasteiger charge is -1.97. The zero-order valence-corrected chi connectivity index (χ0v) is 8.53. The summed E-state index contributed by atoms with van der Waals surface area (Å²) in [7, 11) is 1.28. The van der Waals surface area contributed by atoms with Crippen LogP contribution in [0, 0.1) is 18.8 Å². The standard InChI is InChI=1S/C12H10O3/c1-9-7-10(8-13)3-4-11(9)5-6-12(14)15-2/h3-4,7-8H,1-2H3. The molecule has 0 unspecified atom stereocenters. The molecule has 15 heavy (non-hydrogen) atoms. The Kier molecular flexibility index (Phi) is 3.64. The monoisotopic (exact) mass is 202 g/mol. The zero-order valence-electron chi connectivity index (χ0n) is 8.53. The average molecular weight is 202 g/mol. The van der Waals surface area contributed by atoms with Crippen molar-refractivity contribution in [1.29, 1.82) is 0 Å². The lowest BCUT2D eigenvalue weighted by atomic mass is 10.1. The van der Waals surface area contributed by atoms with Crippen LogP contribution in [0.1, 0.15) is 21.5 Å². The van der Waals surface area contributed by atoms with E-state index in [1.807, 2.05) is 6.92 Å². The first-order valence-electron chi connectivity index (χ1n) is 4.33. The Morgan fingerprint density at radius 1 is 1.47 bits per heavy atom. The van der Waals surface area contributed by atoms with Crippen molar-refractivity contribution in [3.05, 3.63) is 34.9 Å². The van der Waals surface area contributed by atoms with Crippen LogP contribution in [0.25, 0.3) is 0 Å². The van der Waals surface area contributed by atoms with Gasteiger partial charge in [0.05, 0.1) is 7.11 Å². The quantitative estimate of drug-likeness (QED) is 0.392. The van der Waals surface area contributed by atoms with Gasteiger partial charge < -0.3 is 4.74 Å². The molecule has 1 aromatic rings. The highest BCUT2D eigenvalue weighted by atomic mass is 16.5. The van der Waals surface area contributed by atoms with E-state index in [1.54, 1.807) is 18.2 Å². The fraction of sp³-hybridized carbons (Fsp3) is 0.167. The smallest absolute Gasteiger partial charge is 0.384 e. The number of aldehydes is 1. The molecule has 0 atom stereocenters. The fourth-order valence-corrected chi connectivity index (χ4v) is 1.07. The van der Waals surface area contributed by atoms with Crippen LogP contribution in [-0.4, -0.2) is 19.4 Å². The molecule has 0 spiro atoms. The van der Waals surface area contributed by atoms with E-state index in [9.17, 15) is 9.59 Å². The van der Waals surface area contributed by atoms with Crippen LogP contribution in [0.5, 0.6) is 0 Å². The Balaban J connectivity index is 3.00. The van der Waals surface area contributed by atoms with Crippen LogP contribution in [0.15, 0.2) is 18.2 Å². The van der Waals surface area contributed by atoms with Crippen molar-refractivity contribution >= 4 is 12.3 Å². The van der Waals surface area contributed by atoms with Crippen LogP contribution in [-0.2, 0) is 9.53 Å². The average Bonchev–Trinajstić information content (AvgIpc) is 2.26. The van der Waals surface area contributed by atoms with Gasteiger partial charge in [-0.2, -0.15) is 0 Å². The van der Waals surface area contributed by atoms with Gasteiger partial charge in [-0.05, 0) is 24.6 Å². The molecule has 76 valence electrons. The first-order valence-corrected chi connectivity index (χ1v) is 4.33. The van der Waals surface area contributed by atoms with Crippen molar-refractivity contribution < 1.29 is 14.3 Å². The van der Waals surface area contributed by atoms with Crippen LogP contribution in [0.3, 0.4) is 0 Å². The molecular formula is C12H10O3. The number of methoxy groups -OCH3 is 1. The molecule has 0 fully saturated rings. The van der Waals surface area contributed by atoms with Gasteiger partial charge in [0.2, 0.25) is 0 Å². The van der Waals surface area contributed by atoms with E-state index < -0.39 is 5.97 Å². The minimum Gasteiger partial charge on any atom is -0.459 e. The molecule has 3 nitrogen and oxygen atoms in total. The molecule has 0 aromatic heterocycles. The molecule has 0 aliphatic heterocycles. The Bertz CT molecular complexity index is 450. The number of aryl methyl sites for hydroxylation is 1. The fourth-order valence-electron chi connectivity index (χ4n) is 1.07. The minimum atomic E-state index is -0.575. The van der Waals surface area contributed by atoms with E-state index in [4.69, 9.17) is 0 Å². The maximum absolute atomic E-state index is 10.8. The van der Waals surface area contributed by atoms with E-state index in [0.29, 0.717) is 11.1 Å². The van der Waals surface area contributed by atoms with Gasteiger partial charge in [-0.3, -0.25) is 4.79 Å². The van der Waals surface area contributed by atoms with Crippen LogP contribution >= 0.6 is 0 Å². The molecule has 1 aromatic carbocycles. The molecule has 0 bridgehead atoms. The van der Waals surface area contributed by atoms with E-state index >= 15 is 0 Å². The Morgan fingerprint density at radius 3 is 2.73 bits per heavy atom. The summed E-state index contributed by atoms with van der Waals surface area (Å²) in [4.78, 5) is 21.2. The van der Waals surface area contributed by atoms with Gasteiger partial charge in [-0.25, -0.2) is 4.79 Å². The second kappa shape index (κ2) is 4.97. The van der Waals surface area contributed by atoms with Crippen molar-refractivity contribution in [2.24, 2.45) is 0 Å². The Hall–Kier alpha value is -2.08. The highest BCUT2D eigenvalue weighted by molar-refractivity contribution is 5.89. The normalized spacial score (nSPS) is 8.67. The van der Waals surface area contributed by atoms with E-state index in [1.165, 1.54) is 7.11 Å².